The summed E-state index contributed by atoms with van der Waals surface area (Å²) < 4.78 is 11.3. The van der Waals surface area contributed by atoms with Crippen molar-refractivity contribution in [3.8, 4) is 34.6 Å². The summed E-state index contributed by atoms with van der Waals surface area (Å²) in [6, 6.07) is 14.9. The Balaban J connectivity index is 1.65. The maximum absolute atomic E-state index is 10.9. The summed E-state index contributed by atoms with van der Waals surface area (Å²) in [4.78, 5) is 14.6. The molecular formula is C17H10N4O4. The van der Waals surface area contributed by atoms with E-state index in [1.807, 2.05) is 6.07 Å². The number of nitro groups is 1. The van der Waals surface area contributed by atoms with Crippen LogP contribution in [0.3, 0.4) is 0 Å². The first-order valence-electron chi connectivity index (χ1n) is 7.30. The van der Waals surface area contributed by atoms with Crippen molar-refractivity contribution in [3.63, 3.8) is 0 Å². The molecule has 0 saturated heterocycles. The molecule has 3 aromatic heterocycles. The first-order valence-corrected chi connectivity index (χ1v) is 7.30. The summed E-state index contributed by atoms with van der Waals surface area (Å²) in [6.07, 6.45) is 1.63. The zero-order valence-corrected chi connectivity index (χ0v) is 12.7. The van der Waals surface area contributed by atoms with E-state index in [1.54, 1.807) is 42.6 Å². The minimum Gasteiger partial charge on any atom is -0.451 e. The molecule has 4 rings (SSSR count). The smallest absolute Gasteiger partial charge is 0.283 e. The van der Waals surface area contributed by atoms with E-state index in [0.29, 0.717) is 22.8 Å². The highest BCUT2D eigenvalue weighted by Crippen LogP contribution is 2.30. The number of non-ortho nitro benzene ring substituents is 1. The Labute approximate surface area is 140 Å². The molecule has 3 heterocycles. The number of furan rings is 1. The topological polar surface area (TPSA) is 108 Å². The minimum atomic E-state index is -0.454. The van der Waals surface area contributed by atoms with Crippen LogP contribution in [0.25, 0.3) is 34.6 Å². The predicted molar refractivity (Wildman–Crippen MR) is 87.3 cm³/mol. The molecule has 0 unspecified atom stereocenters. The lowest BCUT2D eigenvalue weighted by molar-refractivity contribution is -0.384. The molecule has 25 heavy (non-hydrogen) atoms. The molecule has 122 valence electrons. The summed E-state index contributed by atoms with van der Waals surface area (Å²) in [5, 5.41) is 18.8. The number of hydrogen-bond acceptors (Lipinski definition) is 7. The highest BCUT2D eigenvalue weighted by Gasteiger charge is 2.16. The fourth-order valence-corrected chi connectivity index (χ4v) is 2.30. The SMILES string of the molecule is O=[N+]([O-])c1cccc(-c2ccc(-c3nnc(-c4ccccn4)o3)o2)c1. The summed E-state index contributed by atoms with van der Waals surface area (Å²) in [5.74, 6) is 1.33. The summed E-state index contributed by atoms with van der Waals surface area (Å²) in [6.45, 7) is 0. The Hall–Kier alpha value is -3.81. The Kier molecular flexibility index (Phi) is 3.55. The number of rotatable bonds is 4. The van der Waals surface area contributed by atoms with Crippen molar-refractivity contribution in [1.29, 1.82) is 0 Å². The molecular weight excluding hydrogens is 324 g/mol. The van der Waals surface area contributed by atoms with Crippen LogP contribution in [0.1, 0.15) is 0 Å². The molecule has 0 radical (unpaired) electrons. The zero-order valence-electron chi connectivity index (χ0n) is 12.7. The normalized spacial score (nSPS) is 10.7. The Bertz CT molecular complexity index is 1040. The first-order chi connectivity index (χ1) is 12.2. The quantitative estimate of drug-likeness (QED) is 0.410. The van der Waals surface area contributed by atoms with E-state index in [1.165, 1.54) is 12.1 Å². The molecule has 0 fully saturated rings. The van der Waals surface area contributed by atoms with Gasteiger partial charge in [-0.15, -0.1) is 10.2 Å². The second-order valence-electron chi connectivity index (χ2n) is 5.10. The molecule has 0 amide bonds. The molecule has 0 aliphatic carbocycles. The Morgan fingerprint density at radius 2 is 1.72 bits per heavy atom. The molecule has 8 heteroatoms. The molecule has 0 N–H and O–H groups in total. The standard InChI is InChI=1S/C17H10N4O4/c22-21(23)12-5-3-4-11(10-12)14-7-8-15(24-14)17-20-19-16(25-17)13-6-1-2-9-18-13/h1-10H. The third-order valence-corrected chi connectivity index (χ3v) is 3.47. The van der Waals surface area contributed by atoms with E-state index < -0.39 is 4.92 Å². The number of hydrogen-bond donors (Lipinski definition) is 0. The lowest BCUT2D eigenvalue weighted by Crippen LogP contribution is -1.87. The minimum absolute atomic E-state index is 0.00863. The summed E-state index contributed by atoms with van der Waals surface area (Å²) >= 11 is 0. The van der Waals surface area contributed by atoms with Gasteiger partial charge >= 0.3 is 0 Å². The van der Waals surface area contributed by atoms with E-state index in [0.717, 1.165) is 0 Å². The van der Waals surface area contributed by atoms with Crippen molar-refractivity contribution in [2.75, 3.05) is 0 Å². The van der Waals surface area contributed by atoms with Gasteiger partial charge in [0.05, 0.1) is 4.92 Å². The van der Waals surface area contributed by atoms with Gasteiger partial charge in [-0.3, -0.25) is 15.1 Å². The first kappa shape index (κ1) is 14.8. The molecule has 8 nitrogen and oxygen atoms in total. The molecule has 0 aliphatic heterocycles. The number of aromatic nitrogens is 3. The van der Waals surface area contributed by atoms with Crippen LogP contribution in [0.4, 0.5) is 5.69 Å². The van der Waals surface area contributed by atoms with Gasteiger partial charge in [0.25, 0.3) is 17.5 Å². The van der Waals surface area contributed by atoms with E-state index in [2.05, 4.69) is 15.2 Å². The molecule has 0 bridgehead atoms. The van der Waals surface area contributed by atoms with Gasteiger partial charge in [-0.2, -0.15) is 0 Å². The van der Waals surface area contributed by atoms with E-state index in [9.17, 15) is 10.1 Å². The van der Waals surface area contributed by atoms with E-state index in [-0.39, 0.29) is 17.5 Å². The van der Waals surface area contributed by atoms with Gasteiger partial charge in [-0.1, -0.05) is 18.2 Å². The molecule has 4 aromatic rings. The Morgan fingerprint density at radius 3 is 2.52 bits per heavy atom. The van der Waals surface area contributed by atoms with Gasteiger partial charge in [-0.05, 0) is 24.3 Å². The van der Waals surface area contributed by atoms with Crippen LogP contribution in [0.2, 0.25) is 0 Å². The molecule has 0 aliphatic rings. The van der Waals surface area contributed by atoms with Crippen LogP contribution in [0.5, 0.6) is 0 Å². The summed E-state index contributed by atoms with van der Waals surface area (Å²) in [7, 11) is 0. The molecule has 1 aromatic carbocycles. The van der Waals surface area contributed by atoms with Crippen molar-refractivity contribution >= 4 is 5.69 Å². The van der Waals surface area contributed by atoms with Gasteiger partial charge in [0.2, 0.25) is 0 Å². The van der Waals surface area contributed by atoms with Crippen LogP contribution in [0.15, 0.2) is 69.6 Å². The van der Waals surface area contributed by atoms with Gasteiger partial charge in [-0.25, -0.2) is 0 Å². The third-order valence-electron chi connectivity index (χ3n) is 3.47. The van der Waals surface area contributed by atoms with Crippen LogP contribution < -0.4 is 0 Å². The van der Waals surface area contributed by atoms with Crippen LogP contribution in [-0.2, 0) is 0 Å². The predicted octanol–water partition coefficient (Wildman–Crippen LogP) is 3.97. The second kappa shape index (κ2) is 6.00. The Morgan fingerprint density at radius 1 is 0.880 bits per heavy atom. The molecule has 0 spiro atoms. The fraction of sp³-hybridized carbons (Fsp3) is 0. The van der Waals surface area contributed by atoms with Crippen LogP contribution in [-0.4, -0.2) is 20.1 Å². The molecule has 0 saturated carbocycles. The zero-order chi connectivity index (χ0) is 17.2. The maximum Gasteiger partial charge on any atom is 0.283 e. The molecule has 0 atom stereocenters. The number of nitro benzene ring substituents is 1. The number of benzene rings is 1. The van der Waals surface area contributed by atoms with Crippen molar-refractivity contribution in [3.05, 3.63) is 70.9 Å². The van der Waals surface area contributed by atoms with Gasteiger partial charge in [0.1, 0.15) is 11.5 Å². The van der Waals surface area contributed by atoms with Crippen molar-refractivity contribution < 1.29 is 13.8 Å². The number of nitrogens with zero attached hydrogens (tertiary/aromatic N) is 4. The highest BCUT2D eigenvalue weighted by molar-refractivity contribution is 5.64. The maximum atomic E-state index is 10.9. The third kappa shape index (κ3) is 2.88. The van der Waals surface area contributed by atoms with Crippen molar-refractivity contribution in [2.24, 2.45) is 0 Å². The van der Waals surface area contributed by atoms with Crippen LogP contribution in [0, 0.1) is 10.1 Å². The lowest BCUT2D eigenvalue weighted by Gasteiger charge is -1.97. The van der Waals surface area contributed by atoms with Gasteiger partial charge < -0.3 is 8.83 Å². The highest BCUT2D eigenvalue weighted by atomic mass is 16.6. The van der Waals surface area contributed by atoms with E-state index in [4.69, 9.17) is 8.83 Å². The van der Waals surface area contributed by atoms with Crippen molar-refractivity contribution in [1.82, 2.24) is 15.2 Å². The average molecular weight is 334 g/mol. The lowest BCUT2D eigenvalue weighted by atomic mass is 10.1. The fourth-order valence-electron chi connectivity index (χ4n) is 2.30. The summed E-state index contributed by atoms with van der Waals surface area (Å²) in [5.41, 5.74) is 1.14. The number of pyridine rings is 1. The monoisotopic (exact) mass is 334 g/mol. The largest absolute Gasteiger partial charge is 0.451 e. The second-order valence-corrected chi connectivity index (χ2v) is 5.10. The average Bonchev–Trinajstić information content (AvgIpc) is 3.32. The van der Waals surface area contributed by atoms with Crippen LogP contribution >= 0.6 is 0 Å². The van der Waals surface area contributed by atoms with Gasteiger partial charge in [0.15, 0.2) is 5.76 Å². The van der Waals surface area contributed by atoms with Gasteiger partial charge in [0, 0.05) is 23.9 Å². The van der Waals surface area contributed by atoms with Crippen molar-refractivity contribution in [2.45, 2.75) is 0 Å². The van der Waals surface area contributed by atoms with E-state index >= 15 is 0 Å².